The minimum Gasteiger partial charge on any atom is -0.486 e. The Labute approximate surface area is 174 Å². The van der Waals surface area contributed by atoms with E-state index in [1.54, 1.807) is 16.5 Å². The molecular formula is C23H21ClN2O3. The van der Waals surface area contributed by atoms with Crippen LogP contribution in [0.2, 0.25) is 5.02 Å². The molecule has 0 atom stereocenters. The monoisotopic (exact) mass is 408 g/mol. The van der Waals surface area contributed by atoms with E-state index in [-0.39, 0.29) is 17.6 Å². The smallest absolute Gasteiger partial charge is 0.254 e. The maximum Gasteiger partial charge on any atom is 0.254 e. The van der Waals surface area contributed by atoms with E-state index < -0.39 is 0 Å². The van der Waals surface area contributed by atoms with Crippen LogP contribution < -0.4 is 10.3 Å². The molecule has 1 amide bonds. The number of benzene rings is 2. The lowest BCUT2D eigenvalue weighted by Crippen LogP contribution is -2.56. The third-order valence-corrected chi connectivity index (χ3v) is 5.44. The van der Waals surface area contributed by atoms with E-state index in [0.717, 1.165) is 16.8 Å². The molecule has 1 saturated heterocycles. The first kappa shape index (κ1) is 19.3. The van der Waals surface area contributed by atoms with Gasteiger partial charge in [-0.15, -0.1) is 0 Å². The summed E-state index contributed by atoms with van der Waals surface area (Å²) in [5, 5.41) is 0.681. The van der Waals surface area contributed by atoms with Crippen molar-refractivity contribution in [2.45, 2.75) is 13.0 Å². The van der Waals surface area contributed by atoms with Gasteiger partial charge in [-0.1, -0.05) is 35.9 Å². The summed E-state index contributed by atoms with van der Waals surface area (Å²) in [6, 6.07) is 18.4. The Morgan fingerprint density at radius 3 is 2.41 bits per heavy atom. The number of carbonyl (C=O) groups excluding carboxylic acids is 1. The van der Waals surface area contributed by atoms with Crippen LogP contribution in [-0.4, -0.2) is 34.6 Å². The van der Waals surface area contributed by atoms with Crippen molar-refractivity contribution in [1.29, 1.82) is 0 Å². The second-order valence-electron chi connectivity index (χ2n) is 7.27. The maximum absolute atomic E-state index is 12.7. The van der Waals surface area contributed by atoms with Crippen molar-refractivity contribution in [3.63, 3.8) is 0 Å². The SMILES string of the molecule is Cc1cc(OC2CN(C(=O)c3ccc(-c4cccc(Cl)c4)cc3)C2)cc(=O)n1C. The van der Waals surface area contributed by atoms with Crippen molar-refractivity contribution in [3.05, 3.63) is 87.3 Å². The highest BCUT2D eigenvalue weighted by Gasteiger charge is 2.33. The van der Waals surface area contributed by atoms with Gasteiger partial charge in [0.15, 0.2) is 0 Å². The number of hydrogen-bond donors (Lipinski definition) is 0. The Bertz CT molecular complexity index is 1120. The zero-order valence-electron chi connectivity index (χ0n) is 16.3. The minimum absolute atomic E-state index is 0.0253. The molecule has 0 aliphatic carbocycles. The number of halogens is 1. The molecule has 29 heavy (non-hydrogen) atoms. The number of carbonyl (C=O) groups is 1. The lowest BCUT2D eigenvalue weighted by molar-refractivity contribution is 0.0176. The van der Waals surface area contributed by atoms with Crippen molar-refractivity contribution in [2.75, 3.05) is 13.1 Å². The molecule has 0 unspecified atom stereocenters. The molecule has 1 aliphatic rings. The summed E-state index contributed by atoms with van der Waals surface area (Å²) in [4.78, 5) is 26.3. The van der Waals surface area contributed by atoms with Crippen LogP contribution in [0.1, 0.15) is 16.1 Å². The zero-order chi connectivity index (χ0) is 20.5. The van der Waals surface area contributed by atoms with Gasteiger partial charge in [0.05, 0.1) is 13.1 Å². The van der Waals surface area contributed by atoms with Crippen LogP contribution in [0.5, 0.6) is 5.75 Å². The Morgan fingerprint density at radius 1 is 1.03 bits per heavy atom. The van der Waals surface area contributed by atoms with Gasteiger partial charge in [-0.2, -0.15) is 0 Å². The van der Waals surface area contributed by atoms with E-state index in [9.17, 15) is 9.59 Å². The largest absolute Gasteiger partial charge is 0.486 e. The molecule has 1 aromatic heterocycles. The summed E-state index contributed by atoms with van der Waals surface area (Å²) in [5.74, 6) is 0.524. The topological polar surface area (TPSA) is 51.5 Å². The van der Waals surface area contributed by atoms with Gasteiger partial charge in [-0.25, -0.2) is 0 Å². The number of pyridine rings is 1. The van der Waals surface area contributed by atoms with Crippen molar-refractivity contribution >= 4 is 17.5 Å². The van der Waals surface area contributed by atoms with Crippen LogP contribution >= 0.6 is 11.6 Å². The molecule has 2 aromatic carbocycles. The third-order valence-electron chi connectivity index (χ3n) is 5.20. The van der Waals surface area contributed by atoms with Crippen LogP contribution in [0.25, 0.3) is 11.1 Å². The van der Waals surface area contributed by atoms with E-state index in [4.69, 9.17) is 16.3 Å². The second kappa shape index (κ2) is 7.76. The second-order valence-corrected chi connectivity index (χ2v) is 7.70. The van der Waals surface area contributed by atoms with Gasteiger partial charge >= 0.3 is 0 Å². The standard InChI is InChI=1S/C23H21ClN2O3/c1-15-10-20(12-22(27)25(15)2)29-21-13-26(14-21)23(28)17-8-6-16(7-9-17)18-4-3-5-19(24)11-18/h3-12,21H,13-14H2,1-2H3. The van der Waals surface area contributed by atoms with Gasteiger partial charge in [0.1, 0.15) is 11.9 Å². The Balaban J connectivity index is 1.37. The van der Waals surface area contributed by atoms with Crippen LogP contribution in [0.3, 0.4) is 0 Å². The number of amides is 1. The van der Waals surface area contributed by atoms with E-state index >= 15 is 0 Å². The molecule has 4 rings (SSSR count). The van der Waals surface area contributed by atoms with Crippen LogP contribution in [0.4, 0.5) is 0 Å². The number of nitrogens with zero attached hydrogens (tertiary/aromatic N) is 2. The number of rotatable bonds is 4. The molecule has 6 heteroatoms. The van der Waals surface area contributed by atoms with Crippen molar-refractivity contribution < 1.29 is 9.53 Å². The van der Waals surface area contributed by atoms with Gasteiger partial charge in [0, 0.05) is 29.4 Å². The fourth-order valence-corrected chi connectivity index (χ4v) is 3.52. The van der Waals surface area contributed by atoms with Gasteiger partial charge < -0.3 is 14.2 Å². The van der Waals surface area contributed by atoms with Crippen LogP contribution in [0.15, 0.2) is 65.5 Å². The number of likely N-dealkylation sites (tertiary alicyclic amines) is 1. The first-order valence-electron chi connectivity index (χ1n) is 9.40. The predicted molar refractivity (Wildman–Crippen MR) is 114 cm³/mol. The normalized spacial score (nSPS) is 13.8. The summed E-state index contributed by atoms with van der Waals surface area (Å²) in [7, 11) is 1.73. The summed E-state index contributed by atoms with van der Waals surface area (Å²) in [6.07, 6.45) is -0.101. The molecule has 0 spiro atoms. The average Bonchev–Trinajstić information content (AvgIpc) is 2.68. The molecule has 0 N–H and O–H groups in total. The molecule has 1 fully saturated rings. The van der Waals surface area contributed by atoms with Crippen molar-refractivity contribution in [2.24, 2.45) is 7.05 Å². The van der Waals surface area contributed by atoms with E-state index in [2.05, 4.69) is 0 Å². The molecular weight excluding hydrogens is 388 g/mol. The first-order chi connectivity index (χ1) is 13.9. The van der Waals surface area contributed by atoms with Gasteiger partial charge in [-0.05, 0) is 48.4 Å². The average molecular weight is 409 g/mol. The number of aryl methyl sites for hydroxylation is 1. The predicted octanol–water partition coefficient (Wildman–Crippen LogP) is 3.92. The fraction of sp³-hybridized carbons (Fsp3) is 0.217. The molecule has 0 bridgehead atoms. The molecule has 5 nitrogen and oxygen atoms in total. The third kappa shape index (κ3) is 4.05. The van der Waals surface area contributed by atoms with E-state index in [1.165, 1.54) is 6.07 Å². The quantitative estimate of drug-likeness (QED) is 0.657. The summed E-state index contributed by atoms with van der Waals surface area (Å²) < 4.78 is 7.42. The Kier molecular flexibility index (Phi) is 5.16. The molecule has 0 radical (unpaired) electrons. The Morgan fingerprint density at radius 2 is 1.76 bits per heavy atom. The number of aromatic nitrogens is 1. The molecule has 3 aromatic rings. The highest BCUT2D eigenvalue weighted by molar-refractivity contribution is 6.30. The molecule has 148 valence electrons. The van der Waals surface area contributed by atoms with Gasteiger partial charge in [0.25, 0.3) is 11.5 Å². The first-order valence-corrected chi connectivity index (χ1v) is 9.78. The lowest BCUT2D eigenvalue weighted by Gasteiger charge is -2.39. The molecule has 2 heterocycles. The highest BCUT2D eigenvalue weighted by Crippen LogP contribution is 2.24. The minimum atomic E-state index is -0.105. The lowest BCUT2D eigenvalue weighted by atomic mass is 10.0. The zero-order valence-corrected chi connectivity index (χ0v) is 17.0. The molecule has 0 saturated carbocycles. The number of hydrogen-bond acceptors (Lipinski definition) is 3. The highest BCUT2D eigenvalue weighted by atomic mass is 35.5. The maximum atomic E-state index is 12.7. The molecule has 1 aliphatic heterocycles. The summed E-state index contributed by atoms with van der Waals surface area (Å²) in [6.45, 7) is 2.87. The fourth-order valence-electron chi connectivity index (χ4n) is 3.33. The van der Waals surface area contributed by atoms with Gasteiger partial charge in [0.2, 0.25) is 0 Å². The Hall–Kier alpha value is -3.05. The summed E-state index contributed by atoms with van der Waals surface area (Å²) >= 11 is 6.05. The van der Waals surface area contributed by atoms with Crippen molar-refractivity contribution in [1.82, 2.24) is 9.47 Å². The number of ether oxygens (including phenoxy) is 1. The van der Waals surface area contributed by atoms with Crippen LogP contribution in [0, 0.1) is 6.92 Å². The van der Waals surface area contributed by atoms with Gasteiger partial charge in [-0.3, -0.25) is 9.59 Å². The van der Waals surface area contributed by atoms with Crippen molar-refractivity contribution in [3.8, 4) is 16.9 Å². The van der Waals surface area contributed by atoms with E-state index in [0.29, 0.717) is 29.4 Å². The van der Waals surface area contributed by atoms with E-state index in [1.807, 2.05) is 61.5 Å². The summed E-state index contributed by atoms with van der Waals surface area (Å²) in [5.41, 5.74) is 3.39. The van der Waals surface area contributed by atoms with Crippen LogP contribution in [-0.2, 0) is 7.05 Å².